The van der Waals surface area contributed by atoms with E-state index in [1.807, 2.05) is 36.7 Å². The molecule has 0 saturated carbocycles. The van der Waals surface area contributed by atoms with Crippen LogP contribution in [0.3, 0.4) is 0 Å². The highest BCUT2D eigenvalue weighted by Gasteiger charge is 2.17. The molecule has 6 nitrogen and oxygen atoms in total. The summed E-state index contributed by atoms with van der Waals surface area (Å²) in [6.07, 6.45) is 3.24. The number of nitrogens with one attached hydrogen (secondary N) is 1. The van der Waals surface area contributed by atoms with Crippen LogP contribution in [-0.2, 0) is 0 Å². The topological polar surface area (TPSA) is 74.8 Å². The van der Waals surface area contributed by atoms with E-state index in [-0.39, 0.29) is 11.8 Å². The molecule has 0 fully saturated rings. The van der Waals surface area contributed by atoms with Crippen LogP contribution in [0.1, 0.15) is 28.2 Å². The minimum Gasteiger partial charge on any atom is -0.341 e. The van der Waals surface area contributed by atoms with Crippen LogP contribution < -0.4 is 0 Å². The maximum Gasteiger partial charge on any atom is 0.253 e. The molecular formula is C16H17N5OS. The van der Waals surface area contributed by atoms with Gasteiger partial charge < -0.3 is 4.90 Å². The highest BCUT2D eigenvalue weighted by molar-refractivity contribution is 7.09. The molecule has 1 aromatic carbocycles. The van der Waals surface area contributed by atoms with Crippen LogP contribution in [0.5, 0.6) is 0 Å². The number of rotatable bonds is 5. The predicted octanol–water partition coefficient (Wildman–Crippen LogP) is 2.80. The molecule has 0 bridgehead atoms. The van der Waals surface area contributed by atoms with Crippen LogP contribution in [0.25, 0.3) is 11.4 Å². The van der Waals surface area contributed by atoms with Gasteiger partial charge in [0, 0.05) is 42.2 Å². The van der Waals surface area contributed by atoms with Gasteiger partial charge in [-0.2, -0.15) is 5.10 Å². The number of aromatic amines is 1. The molecule has 2 aromatic heterocycles. The summed E-state index contributed by atoms with van der Waals surface area (Å²) in [6, 6.07) is 7.39. The van der Waals surface area contributed by atoms with Crippen molar-refractivity contribution in [3.05, 3.63) is 52.7 Å². The van der Waals surface area contributed by atoms with Gasteiger partial charge in [-0.15, -0.1) is 11.3 Å². The summed E-state index contributed by atoms with van der Waals surface area (Å²) < 4.78 is 0. The average Bonchev–Trinajstić information content (AvgIpc) is 3.27. The predicted molar refractivity (Wildman–Crippen MR) is 89.3 cm³/mol. The van der Waals surface area contributed by atoms with Crippen LogP contribution in [0.15, 0.2) is 42.2 Å². The third-order valence-electron chi connectivity index (χ3n) is 3.57. The fourth-order valence-electron chi connectivity index (χ4n) is 2.41. The normalized spacial score (nSPS) is 12.1. The molecule has 3 rings (SSSR count). The number of thiazole rings is 1. The Kier molecular flexibility index (Phi) is 4.47. The Morgan fingerprint density at radius 2 is 2.26 bits per heavy atom. The Balaban J connectivity index is 1.73. The minimum atomic E-state index is -0.0187. The van der Waals surface area contributed by atoms with Gasteiger partial charge in [0.15, 0.2) is 5.82 Å². The molecule has 1 atom stereocenters. The summed E-state index contributed by atoms with van der Waals surface area (Å²) >= 11 is 1.61. The first-order valence-corrected chi connectivity index (χ1v) is 8.14. The molecule has 118 valence electrons. The van der Waals surface area contributed by atoms with Gasteiger partial charge in [0.2, 0.25) is 0 Å². The standard InChI is InChI=1S/C16H17N5OS/c1-11(15-17-6-7-23-15)9-21(2)16(22)13-5-3-4-12(8-13)14-18-10-19-20-14/h3-8,10-11H,9H2,1-2H3,(H,18,19,20). The second-order valence-electron chi connectivity index (χ2n) is 5.37. The summed E-state index contributed by atoms with van der Waals surface area (Å²) in [6.45, 7) is 2.70. The van der Waals surface area contributed by atoms with Crippen molar-refractivity contribution in [3.8, 4) is 11.4 Å². The Morgan fingerprint density at radius 1 is 1.39 bits per heavy atom. The first kappa shape index (κ1) is 15.4. The number of benzene rings is 1. The maximum atomic E-state index is 12.6. The van der Waals surface area contributed by atoms with Crippen molar-refractivity contribution in [3.63, 3.8) is 0 Å². The number of aromatic nitrogens is 4. The van der Waals surface area contributed by atoms with Crippen molar-refractivity contribution < 1.29 is 4.79 Å². The van der Waals surface area contributed by atoms with Crippen molar-refractivity contribution in [2.75, 3.05) is 13.6 Å². The van der Waals surface area contributed by atoms with E-state index in [4.69, 9.17) is 0 Å². The van der Waals surface area contributed by atoms with Gasteiger partial charge in [-0.25, -0.2) is 9.97 Å². The molecular weight excluding hydrogens is 310 g/mol. The van der Waals surface area contributed by atoms with E-state index in [9.17, 15) is 4.79 Å². The van der Waals surface area contributed by atoms with Gasteiger partial charge in [-0.1, -0.05) is 19.1 Å². The quantitative estimate of drug-likeness (QED) is 0.782. The van der Waals surface area contributed by atoms with E-state index in [0.717, 1.165) is 10.6 Å². The first-order chi connectivity index (χ1) is 11.1. The number of likely N-dealkylation sites (N-methyl/N-ethyl adjacent to an activating group) is 1. The van der Waals surface area contributed by atoms with Gasteiger partial charge in [0.25, 0.3) is 5.91 Å². The SMILES string of the molecule is CC(CN(C)C(=O)c1cccc(-c2ncn[nH]2)c1)c1nccs1. The maximum absolute atomic E-state index is 12.6. The zero-order valence-electron chi connectivity index (χ0n) is 12.9. The Hall–Kier alpha value is -2.54. The lowest BCUT2D eigenvalue weighted by Crippen LogP contribution is -2.30. The van der Waals surface area contributed by atoms with Crippen LogP contribution in [0.2, 0.25) is 0 Å². The Bertz CT molecular complexity index is 770. The van der Waals surface area contributed by atoms with E-state index in [2.05, 4.69) is 27.1 Å². The second kappa shape index (κ2) is 6.70. The summed E-state index contributed by atoms with van der Waals surface area (Å²) in [5, 5.41) is 9.64. The number of nitrogens with zero attached hydrogens (tertiary/aromatic N) is 4. The lowest BCUT2D eigenvalue weighted by Gasteiger charge is -2.20. The van der Waals surface area contributed by atoms with E-state index in [0.29, 0.717) is 17.9 Å². The van der Waals surface area contributed by atoms with Crippen LogP contribution in [-0.4, -0.2) is 44.6 Å². The average molecular weight is 327 g/mol. The van der Waals surface area contributed by atoms with Crippen LogP contribution in [0.4, 0.5) is 0 Å². The summed E-state index contributed by atoms with van der Waals surface area (Å²) in [7, 11) is 1.81. The third-order valence-corrected chi connectivity index (χ3v) is 4.57. The summed E-state index contributed by atoms with van der Waals surface area (Å²) in [4.78, 5) is 22.8. The van der Waals surface area contributed by atoms with Crippen molar-refractivity contribution in [1.82, 2.24) is 25.1 Å². The van der Waals surface area contributed by atoms with Crippen molar-refractivity contribution in [2.45, 2.75) is 12.8 Å². The Labute approximate surface area is 138 Å². The monoisotopic (exact) mass is 327 g/mol. The van der Waals surface area contributed by atoms with Crippen molar-refractivity contribution >= 4 is 17.2 Å². The second-order valence-corrected chi connectivity index (χ2v) is 6.30. The van der Waals surface area contributed by atoms with Gasteiger partial charge in [0.1, 0.15) is 6.33 Å². The largest absolute Gasteiger partial charge is 0.341 e. The van der Waals surface area contributed by atoms with Gasteiger partial charge in [-0.05, 0) is 12.1 Å². The zero-order chi connectivity index (χ0) is 16.2. The molecule has 0 aliphatic carbocycles. The van der Waals surface area contributed by atoms with E-state index in [1.54, 1.807) is 22.4 Å². The molecule has 0 spiro atoms. The lowest BCUT2D eigenvalue weighted by atomic mass is 10.1. The molecule has 3 aromatic rings. The van der Waals surface area contributed by atoms with E-state index < -0.39 is 0 Å². The number of hydrogen-bond donors (Lipinski definition) is 1. The number of carbonyl (C=O) groups excluding carboxylic acids is 1. The summed E-state index contributed by atoms with van der Waals surface area (Å²) in [5.74, 6) is 0.842. The smallest absolute Gasteiger partial charge is 0.253 e. The van der Waals surface area contributed by atoms with Gasteiger partial charge in [0.05, 0.1) is 5.01 Å². The first-order valence-electron chi connectivity index (χ1n) is 7.26. The molecule has 1 N–H and O–H groups in total. The van der Waals surface area contributed by atoms with Crippen LogP contribution >= 0.6 is 11.3 Å². The fraction of sp³-hybridized carbons (Fsp3) is 0.250. The molecule has 1 unspecified atom stereocenters. The van der Waals surface area contributed by atoms with Gasteiger partial charge >= 0.3 is 0 Å². The lowest BCUT2D eigenvalue weighted by molar-refractivity contribution is 0.0788. The summed E-state index contributed by atoms with van der Waals surface area (Å²) in [5.41, 5.74) is 1.47. The molecule has 0 saturated heterocycles. The highest BCUT2D eigenvalue weighted by atomic mass is 32.1. The Morgan fingerprint density at radius 3 is 2.96 bits per heavy atom. The molecule has 1 amide bonds. The zero-order valence-corrected chi connectivity index (χ0v) is 13.7. The van der Waals surface area contributed by atoms with E-state index in [1.165, 1.54) is 6.33 Å². The van der Waals surface area contributed by atoms with Crippen LogP contribution in [0, 0.1) is 0 Å². The number of H-pyrrole nitrogens is 1. The molecule has 7 heteroatoms. The van der Waals surface area contributed by atoms with Crippen molar-refractivity contribution in [2.24, 2.45) is 0 Å². The number of carbonyl (C=O) groups is 1. The molecule has 0 aliphatic rings. The molecule has 0 aliphatic heterocycles. The molecule has 23 heavy (non-hydrogen) atoms. The molecule has 2 heterocycles. The van der Waals surface area contributed by atoms with E-state index >= 15 is 0 Å². The van der Waals surface area contributed by atoms with Crippen molar-refractivity contribution in [1.29, 1.82) is 0 Å². The molecule has 0 radical (unpaired) electrons. The highest BCUT2D eigenvalue weighted by Crippen LogP contribution is 2.20. The number of hydrogen-bond acceptors (Lipinski definition) is 5. The minimum absolute atomic E-state index is 0.0187. The fourth-order valence-corrected chi connectivity index (χ4v) is 3.10. The third kappa shape index (κ3) is 3.45. The van der Waals surface area contributed by atoms with Gasteiger partial charge in [-0.3, -0.25) is 9.89 Å². The number of amides is 1.